The van der Waals surface area contributed by atoms with Crippen molar-refractivity contribution in [2.24, 2.45) is 0 Å². The van der Waals surface area contributed by atoms with Gasteiger partial charge >= 0.3 is 0 Å². The normalized spacial score (nSPS) is 17.2. The zero-order chi connectivity index (χ0) is 14.8. The Bertz CT molecular complexity index is 659. The zero-order valence-corrected chi connectivity index (χ0v) is 12.3. The van der Waals surface area contributed by atoms with Crippen LogP contribution in [0.25, 0.3) is 0 Å². The highest BCUT2D eigenvalue weighted by Gasteiger charge is 2.28. The first-order valence-electron chi connectivity index (χ1n) is 7.08. The summed E-state index contributed by atoms with van der Waals surface area (Å²) in [7, 11) is 3.26. The molecule has 3 heteroatoms. The number of aryl methyl sites for hydroxylation is 1. The maximum atomic E-state index is 12.8. The van der Waals surface area contributed by atoms with Crippen LogP contribution >= 0.6 is 0 Å². The topological polar surface area (TPSA) is 35.5 Å². The number of benzene rings is 2. The average Bonchev–Trinajstić information content (AvgIpc) is 2.55. The van der Waals surface area contributed by atoms with Gasteiger partial charge in [0, 0.05) is 11.5 Å². The lowest BCUT2D eigenvalue weighted by Crippen LogP contribution is -2.21. The molecule has 3 nitrogen and oxygen atoms in total. The van der Waals surface area contributed by atoms with E-state index < -0.39 is 0 Å². The van der Waals surface area contributed by atoms with Crippen LogP contribution in [0.1, 0.15) is 33.8 Å². The molecule has 0 aliphatic heterocycles. The van der Waals surface area contributed by atoms with Crippen molar-refractivity contribution in [1.82, 2.24) is 0 Å². The number of carbonyl (C=O) groups excluding carboxylic acids is 1. The Labute approximate surface area is 124 Å². The molecule has 0 N–H and O–H groups in total. The lowest BCUT2D eigenvalue weighted by Gasteiger charge is -2.24. The lowest BCUT2D eigenvalue weighted by atomic mass is 9.79. The minimum atomic E-state index is -0.0736. The van der Waals surface area contributed by atoms with Crippen molar-refractivity contribution in [3.8, 4) is 11.5 Å². The van der Waals surface area contributed by atoms with Crippen LogP contribution in [0, 0.1) is 0 Å². The molecule has 0 aromatic heterocycles. The van der Waals surface area contributed by atoms with E-state index in [1.54, 1.807) is 14.2 Å². The molecule has 1 atom stereocenters. The van der Waals surface area contributed by atoms with Crippen molar-refractivity contribution < 1.29 is 14.3 Å². The van der Waals surface area contributed by atoms with Crippen molar-refractivity contribution in [3.05, 3.63) is 59.2 Å². The molecule has 0 heterocycles. The van der Waals surface area contributed by atoms with Crippen LogP contribution in [0.2, 0.25) is 0 Å². The lowest BCUT2D eigenvalue weighted by molar-refractivity contribution is 0.0945. The molecular weight excluding hydrogens is 264 g/mol. The van der Waals surface area contributed by atoms with Crippen LogP contribution in [0.5, 0.6) is 11.5 Å². The van der Waals surface area contributed by atoms with E-state index >= 15 is 0 Å². The van der Waals surface area contributed by atoms with Crippen LogP contribution in [0.4, 0.5) is 0 Å². The van der Waals surface area contributed by atoms with Crippen molar-refractivity contribution in [1.29, 1.82) is 0 Å². The minimum Gasteiger partial charge on any atom is -0.497 e. The fourth-order valence-corrected chi connectivity index (χ4v) is 2.90. The highest BCUT2D eigenvalue weighted by molar-refractivity contribution is 6.03. The second-order valence-electron chi connectivity index (χ2n) is 5.25. The Balaban J connectivity index is 1.93. The van der Waals surface area contributed by atoms with Crippen molar-refractivity contribution in [2.45, 2.75) is 18.8 Å². The number of methoxy groups -OCH3 is 2. The standard InChI is InChI=1S/C18H18O3/c1-20-14-7-3-12(4-8-14)16-10-6-13-5-9-15(21-2)11-17(13)18(16)19/h3-5,7-9,11,16H,6,10H2,1-2H3/t16-/m1/s1. The molecule has 0 saturated heterocycles. The zero-order valence-electron chi connectivity index (χ0n) is 12.3. The number of carbonyl (C=O) groups is 1. The second kappa shape index (κ2) is 5.60. The van der Waals surface area contributed by atoms with Crippen molar-refractivity contribution in [2.75, 3.05) is 14.2 Å². The van der Waals surface area contributed by atoms with Gasteiger partial charge in [-0.2, -0.15) is 0 Å². The molecule has 0 bridgehead atoms. The van der Waals surface area contributed by atoms with E-state index in [1.165, 1.54) is 0 Å². The quantitative estimate of drug-likeness (QED) is 0.862. The summed E-state index contributed by atoms with van der Waals surface area (Å²) in [6.07, 6.45) is 1.77. The molecule has 0 fully saturated rings. The number of ketones is 1. The Kier molecular flexibility index (Phi) is 3.65. The number of hydrogen-bond donors (Lipinski definition) is 0. The first kappa shape index (κ1) is 13.7. The average molecular weight is 282 g/mol. The third kappa shape index (κ3) is 2.51. The van der Waals surface area contributed by atoms with Gasteiger partial charge < -0.3 is 9.47 Å². The van der Waals surface area contributed by atoms with Gasteiger partial charge in [-0.15, -0.1) is 0 Å². The van der Waals surface area contributed by atoms with Gasteiger partial charge in [0.1, 0.15) is 11.5 Å². The Morgan fingerprint density at radius 1 is 0.952 bits per heavy atom. The number of fused-ring (bicyclic) bond motifs is 1. The predicted octanol–water partition coefficient (Wildman–Crippen LogP) is 3.62. The van der Waals surface area contributed by atoms with E-state index in [0.29, 0.717) is 0 Å². The van der Waals surface area contributed by atoms with E-state index in [0.717, 1.165) is 41.0 Å². The molecule has 1 aliphatic rings. The summed E-state index contributed by atoms with van der Waals surface area (Å²) in [4.78, 5) is 12.8. The first-order chi connectivity index (χ1) is 10.2. The minimum absolute atomic E-state index is 0.0736. The van der Waals surface area contributed by atoms with E-state index in [1.807, 2.05) is 42.5 Å². The van der Waals surface area contributed by atoms with E-state index in [9.17, 15) is 4.79 Å². The maximum Gasteiger partial charge on any atom is 0.170 e. The number of ether oxygens (including phenoxy) is 2. The van der Waals surface area contributed by atoms with Crippen LogP contribution in [0.3, 0.4) is 0 Å². The predicted molar refractivity (Wildman–Crippen MR) is 81.4 cm³/mol. The van der Waals surface area contributed by atoms with E-state index in [4.69, 9.17) is 9.47 Å². The van der Waals surface area contributed by atoms with Gasteiger partial charge in [0.15, 0.2) is 5.78 Å². The van der Waals surface area contributed by atoms with E-state index in [2.05, 4.69) is 0 Å². The maximum absolute atomic E-state index is 12.8. The third-order valence-electron chi connectivity index (χ3n) is 4.12. The SMILES string of the molecule is COc1ccc([C@H]2CCc3ccc(OC)cc3C2=O)cc1. The van der Waals surface area contributed by atoms with Crippen LogP contribution in [0.15, 0.2) is 42.5 Å². The summed E-state index contributed by atoms with van der Waals surface area (Å²) < 4.78 is 10.4. The summed E-state index contributed by atoms with van der Waals surface area (Å²) in [6, 6.07) is 13.5. The largest absolute Gasteiger partial charge is 0.497 e. The summed E-state index contributed by atoms with van der Waals surface area (Å²) in [5.74, 6) is 1.65. The molecule has 21 heavy (non-hydrogen) atoms. The van der Waals surface area contributed by atoms with Crippen molar-refractivity contribution in [3.63, 3.8) is 0 Å². The van der Waals surface area contributed by atoms with Gasteiger partial charge in [-0.1, -0.05) is 18.2 Å². The summed E-state index contributed by atoms with van der Waals surface area (Å²) >= 11 is 0. The highest BCUT2D eigenvalue weighted by atomic mass is 16.5. The molecular formula is C18H18O3. The fourth-order valence-electron chi connectivity index (χ4n) is 2.90. The number of Topliss-reactive ketones (excluding diaryl/α,β-unsaturated/α-hetero) is 1. The summed E-state index contributed by atoms with van der Waals surface area (Å²) in [5.41, 5.74) is 2.96. The van der Waals surface area contributed by atoms with Gasteiger partial charge in [-0.3, -0.25) is 4.79 Å². The molecule has 108 valence electrons. The van der Waals surface area contributed by atoms with Crippen molar-refractivity contribution >= 4 is 5.78 Å². The van der Waals surface area contributed by atoms with Crippen LogP contribution in [-0.4, -0.2) is 20.0 Å². The summed E-state index contributed by atoms with van der Waals surface area (Å²) in [5, 5.41) is 0. The Hall–Kier alpha value is -2.29. The number of hydrogen-bond acceptors (Lipinski definition) is 3. The summed E-state index contributed by atoms with van der Waals surface area (Å²) in [6.45, 7) is 0. The van der Waals surface area contributed by atoms with Gasteiger partial charge in [0.2, 0.25) is 0 Å². The van der Waals surface area contributed by atoms with Gasteiger partial charge in [-0.25, -0.2) is 0 Å². The molecule has 2 aromatic rings. The molecule has 0 amide bonds. The number of rotatable bonds is 3. The highest BCUT2D eigenvalue weighted by Crippen LogP contribution is 2.34. The fraction of sp³-hybridized carbons (Fsp3) is 0.278. The van der Waals surface area contributed by atoms with Gasteiger partial charge in [0.05, 0.1) is 14.2 Å². The van der Waals surface area contributed by atoms with Gasteiger partial charge in [0.25, 0.3) is 0 Å². The molecule has 3 rings (SSSR count). The van der Waals surface area contributed by atoms with Crippen LogP contribution in [-0.2, 0) is 6.42 Å². The second-order valence-corrected chi connectivity index (χ2v) is 5.25. The molecule has 0 spiro atoms. The third-order valence-corrected chi connectivity index (χ3v) is 4.12. The Morgan fingerprint density at radius 3 is 2.29 bits per heavy atom. The molecule has 0 radical (unpaired) electrons. The first-order valence-corrected chi connectivity index (χ1v) is 7.08. The molecule has 1 aliphatic carbocycles. The van der Waals surface area contributed by atoms with Gasteiger partial charge in [-0.05, 0) is 48.2 Å². The Morgan fingerprint density at radius 2 is 1.62 bits per heavy atom. The smallest absolute Gasteiger partial charge is 0.170 e. The van der Waals surface area contributed by atoms with E-state index in [-0.39, 0.29) is 11.7 Å². The monoisotopic (exact) mass is 282 g/mol. The van der Waals surface area contributed by atoms with Crippen LogP contribution < -0.4 is 9.47 Å². The molecule has 0 saturated carbocycles. The molecule has 2 aromatic carbocycles. The molecule has 0 unspecified atom stereocenters.